The van der Waals surface area contributed by atoms with Crippen LogP contribution < -0.4 is 4.90 Å². The molecule has 1 saturated heterocycles. The Morgan fingerprint density at radius 2 is 1.59 bits per heavy atom. The number of amides is 2. The second-order valence-corrected chi connectivity index (χ2v) is 5.03. The minimum atomic E-state index is -1.34. The summed E-state index contributed by atoms with van der Waals surface area (Å²) in [5.41, 5.74) is -0.193. The first-order chi connectivity index (χ1) is 10.7. The van der Waals surface area contributed by atoms with E-state index in [0.29, 0.717) is 11.3 Å². The van der Waals surface area contributed by atoms with E-state index in [9.17, 15) is 9.59 Å². The van der Waals surface area contributed by atoms with Gasteiger partial charge in [0.05, 0.1) is 5.69 Å². The van der Waals surface area contributed by atoms with Gasteiger partial charge in [-0.25, -0.2) is 9.69 Å². The van der Waals surface area contributed by atoms with Crippen LogP contribution in [0.1, 0.15) is 12.0 Å². The molecule has 0 N–H and O–H groups in total. The highest BCUT2D eigenvalue weighted by molar-refractivity contribution is 6.20. The highest BCUT2D eigenvalue weighted by atomic mass is 16.6. The van der Waals surface area contributed by atoms with Crippen LogP contribution in [-0.2, 0) is 15.1 Å². The predicted octanol–water partition coefficient (Wildman–Crippen LogP) is 3.64. The number of cyclic esters (lactones) is 1. The van der Waals surface area contributed by atoms with Crippen LogP contribution in [-0.4, -0.2) is 12.0 Å². The number of ether oxygens (including phenoxy) is 1. The lowest BCUT2D eigenvalue weighted by molar-refractivity contribution is -0.130. The summed E-state index contributed by atoms with van der Waals surface area (Å²) in [5.74, 6) is -0.394. The van der Waals surface area contributed by atoms with E-state index in [4.69, 9.17) is 4.74 Å². The molecule has 3 rings (SSSR count). The Balaban J connectivity index is 2.09. The first-order valence-electron chi connectivity index (χ1n) is 6.98. The molecule has 0 radical (unpaired) electrons. The molecule has 22 heavy (non-hydrogen) atoms. The van der Waals surface area contributed by atoms with Crippen LogP contribution in [0.4, 0.5) is 10.5 Å². The summed E-state index contributed by atoms with van der Waals surface area (Å²) in [6, 6.07) is 17.8. The van der Waals surface area contributed by atoms with Crippen molar-refractivity contribution >= 4 is 17.7 Å². The van der Waals surface area contributed by atoms with Gasteiger partial charge in [0.15, 0.2) is 0 Å². The predicted molar refractivity (Wildman–Crippen MR) is 83.3 cm³/mol. The third-order valence-corrected chi connectivity index (χ3v) is 3.68. The van der Waals surface area contributed by atoms with Crippen LogP contribution in [0, 0.1) is 0 Å². The Labute approximate surface area is 128 Å². The first kappa shape index (κ1) is 14.1. The van der Waals surface area contributed by atoms with E-state index in [1.54, 1.807) is 42.5 Å². The second kappa shape index (κ2) is 5.48. The SMILES string of the molecule is C=CCC1(c2ccccc2)OC(=O)N(c2ccccc2)C1=O. The number of carbonyl (C=O) groups excluding carboxylic acids is 2. The van der Waals surface area contributed by atoms with Crippen molar-refractivity contribution in [3.05, 3.63) is 78.9 Å². The number of anilines is 1. The van der Waals surface area contributed by atoms with E-state index >= 15 is 0 Å². The molecule has 1 heterocycles. The molecule has 0 spiro atoms. The molecule has 1 fully saturated rings. The van der Waals surface area contributed by atoms with Gasteiger partial charge in [0.2, 0.25) is 5.60 Å². The van der Waals surface area contributed by atoms with Crippen LogP contribution in [0.25, 0.3) is 0 Å². The van der Waals surface area contributed by atoms with Crippen LogP contribution >= 0.6 is 0 Å². The summed E-state index contributed by atoms with van der Waals surface area (Å²) < 4.78 is 5.52. The topological polar surface area (TPSA) is 46.6 Å². The summed E-state index contributed by atoms with van der Waals surface area (Å²) in [6.07, 6.45) is 1.15. The lowest BCUT2D eigenvalue weighted by Crippen LogP contribution is -2.38. The number of nitrogens with zero attached hydrogens (tertiary/aromatic N) is 1. The maximum Gasteiger partial charge on any atom is 0.422 e. The van der Waals surface area contributed by atoms with Crippen LogP contribution in [0.2, 0.25) is 0 Å². The molecule has 2 aromatic carbocycles. The molecule has 1 atom stereocenters. The fourth-order valence-electron chi connectivity index (χ4n) is 2.64. The number of rotatable bonds is 4. The molecule has 0 aliphatic carbocycles. The van der Waals surface area contributed by atoms with Crippen molar-refractivity contribution in [1.82, 2.24) is 0 Å². The molecule has 0 saturated carbocycles. The molecule has 1 aliphatic heterocycles. The molecule has 1 aliphatic rings. The maximum atomic E-state index is 13.0. The molecule has 4 heteroatoms. The zero-order chi connectivity index (χ0) is 15.6. The van der Waals surface area contributed by atoms with Crippen molar-refractivity contribution in [2.45, 2.75) is 12.0 Å². The number of benzene rings is 2. The molecule has 0 aromatic heterocycles. The minimum Gasteiger partial charge on any atom is -0.427 e. The zero-order valence-corrected chi connectivity index (χ0v) is 11.9. The number of para-hydroxylation sites is 1. The van der Waals surface area contributed by atoms with Crippen LogP contribution in [0.15, 0.2) is 73.3 Å². The van der Waals surface area contributed by atoms with Crippen molar-refractivity contribution < 1.29 is 14.3 Å². The molecule has 4 nitrogen and oxygen atoms in total. The highest BCUT2D eigenvalue weighted by Crippen LogP contribution is 2.39. The molecule has 110 valence electrons. The molecular formula is C18H15NO3. The lowest BCUT2D eigenvalue weighted by Gasteiger charge is -2.24. The van der Waals surface area contributed by atoms with Gasteiger partial charge in [-0.15, -0.1) is 6.58 Å². The molecule has 0 bridgehead atoms. The molecule has 2 aromatic rings. The maximum absolute atomic E-state index is 13.0. The van der Waals surface area contributed by atoms with E-state index in [-0.39, 0.29) is 6.42 Å². The number of hydrogen-bond donors (Lipinski definition) is 0. The first-order valence-corrected chi connectivity index (χ1v) is 6.98. The van der Waals surface area contributed by atoms with Crippen LogP contribution in [0.5, 0.6) is 0 Å². The highest BCUT2D eigenvalue weighted by Gasteiger charge is 2.54. The zero-order valence-electron chi connectivity index (χ0n) is 11.9. The Kier molecular flexibility index (Phi) is 3.51. The van der Waals surface area contributed by atoms with Gasteiger partial charge in [0.25, 0.3) is 5.91 Å². The van der Waals surface area contributed by atoms with Gasteiger partial charge in [-0.05, 0) is 12.1 Å². The van der Waals surface area contributed by atoms with Gasteiger partial charge < -0.3 is 4.74 Å². The average molecular weight is 293 g/mol. The summed E-state index contributed by atoms with van der Waals surface area (Å²) in [5, 5.41) is 0. The Bertz CT molecular complexity index is 712. The Morgan fingerprint density at radius 1 is 1.00 bits per heavy atom. The lowest BCUT2D eigenvalue weighted by atomic mass is 9.89. The van der Waals surface area contributed by atoms with E-state index in [1.807, 2.05) is 24.3 Å². The number of carbonyl (C=O) groups is 2. The smallest absolute Gasteiger partial charge is 0.422 e. The van der Waals surface area contributed by atoms with E-state index in [0.717, 1.165) is 4.90 Å². The summed E-state index contributed by atoms with van der Waals surface area (Å²) >= 11 is 0. The summed E-state index contributed by atoms with van der Waals surface area (Å²) in [6.45, 7) is 3.69. The Morgan fingerprint density at radius 3 is 2.18 bits per heavy atom. The van der Waals surface area contributed by atoms with Crippen molar-refractivity contribution in [2.24, 2.45) is 0 Å². The van der Waals surface area contributed by atoms with Crippen LogP contribution in [0.3, 0.4) is 0 Å². The fourth-order valence-corrected chi connectivity index (χ4v) is 2.64. The van der Waals surface area contributed by atoms with Gasteiger partial charge in [0, 0.05) is 12.0 Å². The average Bonchev–Trinajstić information content (AvgIpc) is 2.81. The monoisotopic (exact) mass is 293 g/mol. The summed E-state index contributed by atoms with van der Waals surface area (Å²) in [7, 11) is 0. The van der Waals surface area contributed by atoms with E-state index < -0.39 is 17.6 Å². The second-order valence-electron chi connectivity index (χ2n) is 5.03. The van der Waals surface area contributed by atoms with E-state index in [2.05, 4.69) is 6.58 Å². The van der Waals surface area contributed by atoms with Gasteiger partial charge in [-0.1, -0.05) is 54.6 Å². The standard InChI is InChI=1S/C18H15NO3/c1-2-13-18(14-9-5-3-6-10-14)16(20)19(17(21)22-18)15-11-7-4-8-12-15/h2-12H,1,13H2. The molecular weight excluding hydrogens is 278 g/mol. The van der Waals surface area contributed by atoms with Gasteiger partial charge in [-0.3, -0.25) is 4.79 Å². The van der Waals surface area contributed by atoms with Gasteiger partial charge >= 0.3 is 6.09 Å². The molecule has 1 unspecified atom stereocenters. The Hall–Kier alpha value is -2.88. The minimum absolute atomic E-state index is 0.227. The third kappa shape index (κ3) is 2.09. The fraction of sp³-hybridized carbons (Fsp3) is 0.111. The van der Waals surface area contributed by atoms with Crippen molar-refractivity contribution in [3.63, 3.8) is 0 Å². The summed E-state index contributed by atoms with van der Waals surface area (Å²) in [4.78, 5) is 26.3. The largest absolute Gasteiger partial charge is 0.427 e. The molecule has 2 amide bonds. The third-order valence-electron chi connectivity index (χ3n) is 3.68. The number of hydrogen-bond acceptors (Lipinski definition) is 3. The van der Waals surface area contributed by atoms with Crippen molar-refractivity contribution in [3.8, 4) is 0 Å². The van der Waals surface area contributed by atoms with Gasteiger partial charge in [0.1, 0.15) is 0 Å². The van der Waals surface area contributed by atoms with E-state index in [1.165, 1.54) is 0 Å². The number of imide groups is 1. The van der Waals surface area contributed by atoms with Gasteiger partial charge in [-0.2, -0.15) is 0 Å². The normalized spacial score (nSPS) is 20.8. The van der Waals surface area contributed by atoms with Crippen molar-refractivity contribution in [2.75, 3.05) is 4.90 Å². The quantitative estimate of drug-likeness (QED) is 0.808. The van der Waals surface area contributed by atoms with Crippen molar-refractivity contribution in [1.29, 1.82) is 0 Å².